The first-order valence-corrected chi connectivity index (χ1v) is 10.2. The molecule has 1 saturated carbocycles. The summed E-state index contributed by atoms with van der Waals surface area (Å²) in [6.45, 7) is 15.8. The molecule has 2 aliphatic rings. The maximum absolute atomic E-state index is 2.58. The fourth-order valence-electron chi connectivity index (χ4n) is 4.67. The standard InChI is InChI=1S/C22H36N2/c1-17(2)20-7-9-22(10-8-20)24-13-11-23(12-14-24)16-19-5-6-21(15-19)18(3)4/h7-10,17-19,21H,5-6,11-16H2,1-4H3/p+1. The van der Waals surface area contributed by atoms with Crippen LogP contribution in [0.2, 0.25) is 0 Å². The van der Waals surface area contributed by atoms with Crippen molar-refractivity contribution in [2.45, 2.75) is 52.9 Å². The predicted octanol–water partition coefficient (Wildman–Crippen LogP) is 3.59. The van der Waals surface area contributed by atoms with Crippen LogP contribution in [0.1, 0.15) is 58.4 Å². The first kappa shape index (κ1) is 17.8. The van der Waals surface area contributed by atoms with Gasteiger partial charge in [0.1, 0.15) is 0 Å². The summed E-state index contributed by atoms with van der Waals surface area (Å²) in [6.07, 6.45) is 4.44. The van der Waals surface area contributed by atoms with Crippen LogP contribution in [0, 0.1) is 17.8 Å². The van der Waals surface area contributed by atoms with Crippen molar-refractivity contribution < 1.29 is 4.90 Å². The predicted molar refractivity (Wildman–Crippen MR) is 104 cm³/mol. The summed E-state index contributed by atoms with van der Waals surface area (Å²) in [7, 11) is 0. The van der Waals surface area contributed by atoms with E-state index >= 15 is 0 Å². The average Bonchev–Trinajstić information content (AvgIpc) is 3.04. The molecular weight excluding hydrogens is 292 g/mol. The summed E-state index contributed by atoms with van der Waals surface area (Å²) in [5.74, 6) is 3.50. The zero-order valence-electron chi connectivity index (χ0n) is 16.2. The number of hydrogen-bond donors (Lipinski definition) is 1. The first-order chi connectivity index (χ1) is 11.5. The molecule has 1 aromatic carbocycles. The quantitative estimate of drug-likeness (QED) is 0.867. The van der Waals surface area contributed by atoms with Crippen molar-refractivity contribution >= 4 is 5.69 Å². The molecule has 2 fully saturated rings. The van der Waals surface area contributed by atoms with Crippen molar-refractivity contribution in [3.8, 4) is 0 Å². The Kier molecular flexibility index (Phi) is 5.86. The number of piperazine rings is 1. The normalized spacial score (nSPS) is 25.8. The number of rotatable bonds is 5. The van der Waals surface area contributed by atoms with E-state index in [0.717, 1.165) is 17.8 Å². The summed E-state index contributed by atoms with van der Waals surface area (Å²) in [4.78, 5) is 4.43. The number of nitrogens with one attached hydrogen (secondary N) is 1. The van der Waals surface area contributed by atoms with Gasteiger partial charge in [0.2, 0.25) is 0 Å². The molecule has 134 valence electrons. The number of quaternary nitrogens is 1. The van der Waals surface area contributed by atoms with E-state index in [1.54, 1.807) is 0 Å². The number of anilines is 1. The summed E-state index contributed by atoms with van der Waals surface area (Å²) < 4.78 is 0. The number of benzene rings is 1. The molecule has 0 aromatic heterocycles. The molecule has 0 radical (unpaired) electrons. The van der Waals surface area contributed by atoms with Crippen LogP contribution >= 0.6 is 0 Å². The minimum absolute atomic E-state index is 0.626. The Labute approximate surface area is 149 Å². The third-order valence-electron chi connectivity index (χ3n) is 6.50. The van der Waals surface area contributed by atoms with Crippen LogP contribution in [0.15, 0.2) is 24.3 Å². The van der Waals surface area contributed by atoms with Crippen LogP contribution in [-0.2, 0) is 0 Å². The van der Waals surface area contributed by atoms with Gasteiger partial charge >= 0.3 is 0 Å². The van der Waals surface area contributed by atoms with Crippen molar-refractivity contribution in [1.29, 1.82) is 0 Å². The molecule has 0 spiro atoms. The van der Waals surface area contributed by atoms with Crippen LogP contribution in [0.3, 0.4) is 0 Å². The second-order valence-corrected chi connectivity index (χ2v) is 8.87. The zero-order valence-corrected chi connectivity index (χ0v) is 16.2. The van der Waals surface area contributed by atoms with Gasteiger partial charge in [0.25, 0.3) is 0 Å². The summed E-state index contributed by atoms with van der Waals surface area (Å²) >= 11 is 0. The second-order valence-electron chi connectivity index (χ2n) is 8.87. The molecule has 3 rings (SSSR count). The van der Waals surface area contributed by atoms with Gasteiger partial charge in [0.15, 0.2) is 0 Å². The van der Waals surface area contributed by atoms with Gasteiger partial charge in [-0.2, -0.15) is 0 Å². The fraction of sp³-hybridized carbons (Fsp3) is 0.727. The Morgan fingerprint density at radius 1 is 1.00 bits per heavy atom. The molecule has 2 heteroatoms. The van der Waals surface area contributed by atoms with E-state index in [9.17, 15) is 0 Å². The van der Waals surface area contributed by atoms with Crippen LogP contribution in [-0.4, -0.2) is 32.7 Å². The summed E-state index contributed by atoms with van der Waals surface area (Å²) in [5, 5.41) is 0. The van der Waals surface area contributed by atoms with Gasteiger partial charge in [-0.05, 0) is 54.7 Å². The van der Waals surface area contributed by atoms with Crippen molar-refractivity contribution in [2.75, 3.05) is 37.6 Å². The Morgan fingerprint density at radius 2 is 1.67 bits per heavy atom. The van der Waals surface area contributed by atoms with Gasteiger partial charge in [-0.1, -0.05) is 39.8 Å². The molecule has 1 heterocycles. The largest absolute Gasteiger partial charge is 0.360 e. The fourth-order valence-corrected chi connectivity index (χ4v) is 4.67. The average molecular weight is 330 g/mol. The molecule has 1 N–H and O–H groups in total. The zero-order chi connectivity index (χ0) is 17.1. The maximum Gasteiger partial charge on any atom is 0.0949 e. The van der Waals surface area contributed by atoms with Crippen molar-refractivity contribution in [3.63, 3.8) is 0 Å². The van der Waals surface area contributed by atoms with E-state index in [4.69, 9.17) is 0 Å². The monoisotopic (exact) mass is 329 g/mol. The van der Waals surface area contributed by atoms with Gasteiger partial charge in [-0.15, -0.1) is 0 Å². The molecule has 1 aliphatic heterocycles. The van der Waals surface area contributed by atoms with Crippen LogP contribution in [0.5, 0.6) is 0 Å². The molecule has 1 aromatic rings. The smallest absolute Gasteiger partial charge is 0.0949 e. The highest BCUT2D eigenvalue weighted by atomic mass is 15.3. The third-order valence-corrected chi connectivity index (χ3v) is 6.50. The Bertz CT molecular complexity index is 497. The van der Waals surface area contributed by atoms with E-state index in [2.05, 4.69) is 56.9 Å². The maximum atomic E-state index is 2.58. The van der Waals surface area contributed by atoms with Crippen LogP contribution < -0.4 is 9.80 Å². The van der Waals surface area contributed by atoms with Gasteiger partial charge in [0.05, 0.1) is 32.7 Å². The van der Waals surface area contributed by atoms with Gasteiger partial charge in [-0.3, -0.25) is 0 Å². The SMILES string of the molecule is CC(C)c1ccc(N2CC[NH+](CC3CCC(C(C)C)C3)CC2)cc1. The van der Waals surface area contributed by atoms with Gasteiger partial charge in [-0.25, -0.2) is 0 Å². The van der Waals surface area contributed by atoms with E-state index < -0.39 is 0 Å². The Balaban J connectivity index is 1.46. The summed E-state index contributed by atoms with van der Waals surface area (Å²) in [5.41, 5.74) is 2.86. The number of nitrogens with zero attached hydrogens (tertiary/aromatic N) is 1. The van der Waals surface area contributed by atoms with E-state index in [1.807, 2.05) is 4.90 Å². The van der Waals surface area contributed by atoms with E-state index in [-0.39, 0.29) is 0 Å². The lowest BCUT2D eigenvalue weighted by molar-refractivity contribution is -0.904. The lowest BCUT2D eigenvalue weighted by Gasteiger charge is -2.35. The minimum atomic E-state index is 0.626. The highest BCUT2D eigenvalue weighted by molar-refractivity contribution is 5.48. The topological polar surface area (TPSA) is 7.68 Å². The van der Waals surface area contributed by atoms with E-state index in [1.165, 1.54) is 63.2 Å². The highest BCUT2D eigenvalue weighted by Crippen LogP contribution is 2.34. The first-order valence-electron chi connectivity index (χ1n) is 10.2. The molecule has 1 saturated heterocycles. The molecule has 0 bridgehead atoms. The lowest BCUT2D eigenvalue weighted by Crippen LogP contribution is -3.15. The van der Waals surface area contributed by atoms with Crippen LogP contribution in [0.4, 0.5) is 5.69 Å². The molecule has 24 heavy (non-hydrogen) atoms. The molecule has 1 aliphatic carbocycles. The second kappa shape index (κ2) is 7.91. The highest BCUT2D eigenvalue weighted by Gasteiger charge is 2.30. The number of hydrogen-bond acceptors (Lipinski definition) is 1. The molecule has 0 amide bonds. The van der Waals surface area contributed by atoms with Crippen molar-refractivity contribution in [3.05, 3.63) is 29.8 Å². The Hall–Kier alpha value is -1.02. The van der Waals surface area contributed by atoms with E-state index in [0.29, 0.717) is 5.92 Å². The van der Waals surface area contributed by atoms with Crippen LogP contribution in [0.25, 0.3) is 0 Å². The van der Waals surface area contributed by atoms with Gasteiger partial charge in [0, 0.05) is 11.6 Å². The van der Waals surface area contributed by atoms with Crippen molar-refractivity contribution in [1.82, 2.24) is 0 Å². The minimum Gasteiger partial charge on any atom is -0.360 e. The van der Waals surface area contributed by atoms with Gasteiger partial charge < -0.3 is 9.80 Å². The Morgan fingerprint density at radius 3 is 2.21 bits per heavy atom. The molecule has 2 unspecified atom stereocenters. The molecule has 2 atom stereocenters. The summed E-state index contributed by atoms with van der Waals surface area (Å²) in [6, 6.07) is 9.27. The molecular formula is C22H37N2+. The third kappa shape index (κ3) is 4.33. The van der Waals surface area contributed by atoms with Crippen molar-refractivity contribution in [2.24, 2.45) is 17.8 Å². The molecule has 2 nitrogen and oxygen atoms in total. The lowest BCUT2D eigenvalue weighted by atomic mass is 9.93.